The number of fused-ring (bicyclic) bond motifs is 1. The summed E-state index contributed by atoms with van der Waals surface area (Å²) >= 11 is 6.06. The van der Waals surface area contributed by atoms with Crippen molar-refractivity contribution in [3.63, 3.8) is 0 Å². The third-order valence-corrected chi connectivity index (χ3v) is 6.49. The predicted octanol–water partition coefficient (Wildman–Crippen LogP) is 5.42. The van der Waals surface area contributed by atoms with Crippen molar-refractivity contribution in [3.8, 4) is 23.3 Å². The fourth-order valence-electron chi connectivity index (χ4n) is 4.35. The topological polar surface area (TPSA) is 54.7 Å². The Labute approximate surface area is 189 Å². The van der Waals surface area contributed by atoms with Crippen LogP contribution in [-0.2, 0) is 5.41 Å². The molecule has 1 aliphatic carbocycles. The molecule has 2 aliphatic rings. The monoisotopic (exact) mass is 440 g/mol. The summed E-state index contributed by atoms with van der Waals surface area (Å²) < 4.78 is 16.6. The van der Waals surface area contributed by atoms with E-state index < -0.39 is 0 Å². The van der Waals surface area contributed by atoms with Crippen LogP contribution in [0.4, 0.5) is 0 Å². The van der Waals surface area contributed by atoms with Crippen LogP contribution in [0.1, 0.15) is 37.7 Å². The van der Waals surface area contributed by atoms with Crippen LogP contribution in [0.25, 0.3) is 0 Å². The zero-order valence-corrected chi connectivity index (χ0v) is 18.7. The van der Waals surface area contributed by atoms with Gasteiger partial charge in [0.15, 0.2) is 11.5 Å². The average molecular weight is 441 g/mol. The van der Waals surface area contributed by atoms with Gasteiger partial charge in [-0.05, 0) is 81.4 Å². The number of hydrogen-bond donors (Lipinski definition) is 0. The summed E-state index contributed by atoms with van der Waals surface area (Å²) in [5, 5.41) is 10.8. The normalized spacial score (nSPS) is 16.7. The third kappa shape index (κ3) is 5.26. The van der Waals surface area contributed by atoms with Gasteiger partial charge in [-0.2, -0.15) is 5.26 Å². The summed E-state index contributed by atoms with van der Waals surface area (Å²) in [5.41, 5.74) is 0.732. The SMILES string of the molecule is CN(CCCOc1ccc2c(c1)OCO2)CCCC(C#N)(c1ccc(Cl)cc1)C1CC1. The molecule has 2 aromatic carbocycles. The second-order valence-electron chi connectivity index (χ2n) is 8.49. The lowest BCUT2D eigenvalue weighted by Crippen LogP contribution is -2.29. The van der Waals surface area contributed by atoms with Gasteiger partial charge < -0.3 is 19.1 Å². The molecule has 0 spiro atoms. The van der Waals surface area contributed by atoms with E-state index in [4.69, 9.17) is 25.8 Å². The summed E-state index contributed by atoms with van der Waals surface area (Å²) in [6.45, 7) is 2.84. The van der Waals surface area contributed by atoms with Crippen molar-refractivity contribution in [2.24, 2.45) is 5.92 Å². The third-order valence-electron chi connectivity index (χ3n) is 6.24. The molecule has 1 saturated carbocycles. The number of rotatable bonds is 11. The molecule has 31 heavy (non-hydrogen) atoms. The Morgan fingerprint density at radius 1 is 1.10 bits per heavy atom. The van der Waals surface area contributed by atoms with E-state index in [9.17, 15) is 5.26 Å². The standard InChI is InChI=1S/C25H29ClN2O3/c1-28(14-3-15-29-22-10-11-23-24(16-22)31-18-30-23)13-2-12-25(17-27,19-4-5-19)20-6-8-21(26)9-7-20/h6-11,16,19H,2-5,12-15,18H2,1H3. The molecule has 2 aromatic rings. The van der Waals surface area contributed by atoms with Crippen LogP contribution in [0.2, 0.25) is 5.02 Å². The van der Waals surface area contributed by atoms with E-state index in [1.807, 2.05) is 42.5 Å². The Morgan fingerprint density at radius 2 is 1.84 bits per heavy atom. The van der Waals surface area contributed by atoms with E-state index in [0.717, 1.165) is 68.0 Å². The lowest BCUT2D eigenvalue weighted by Gasteiger charge is -2.28. The first-order chi connectivity index (χ1) is 15.1. The minimum atomic E-state index is -0.381. The maximum absolute atomic E-state index is 10.1. The van der Waals surface area contributed by atoms with Gasteiger partial charge in [-0.3, -0.25) is 0 Å². The highest BCUT2D eigenvalue weighted by Crippen LogP contribution is 2.50. The summed E-state index contributed by atoms with van der Waals surface area (Å²) in [4.78, 5) is 2.32. The first-order valence-electron chi connectivity index (χ1n) is 11.0. The highest BCUT2D eigenvalue weighted by Gasteiger charge is 2.46. The van der Waals surface area contributed by atoms with Crippen LogP contribution < -0.4 is 14.2 Å². The van der Waals surface area contributed by atoms with Crippen LogP contribution in [0, 0.1) is 17.2 Å². The molecule has 1 unspecified atom stereocenters. The minimum Gasteiger partial charge on any atom is -0.493 e. The fourth-order valence-corrected chi connectivity index (χ4v) is 4.48. The maximum atomic E-state index is 10.1. The Morgan fingerprint density at radius 3 is 2.58 bits per heavy atom. The highest BCUT2D eigenvalue weighted by molar-refractivity contribution is 6.30. The summed E-state index contributed by atoms with van der Waals surface area (Å²) in [6, 6.07) is 16.2. The van der Waals surface area contributed by atoms with Crippen LogP contribution in [-0.4, -0.2) is 38.4 Å². The van der Waals surface area contributed by atoms with Crippen molar-refractivity contribution in [3.05, 3.63) is 53.1 Å². The minimum absolute atomic E-state index is 0.273. The van der Waals surface area contributed by atoms with Gasteiger partial charge in [0, 0.05) is 17.6 Å². The van der Waals surface area contributed by atoms with Crippen molar-refractivity contribution in [1.29, 1.82) is 5.26 Å². The molecule has 6 heteroatoms. The van der Waals surface area contributed by atoms with E-state index >= 15 is 0 Å². The van der Waals surface area contributed by atoms with Gasteiger partial charge in [0.25, 0.3) is 0 Å². The molecule has 0 aromatic heterocycles. The van der Waals surface area contributed by atoms with Crippen LogP contribution in [0.5, 0.6) is 17.2 Å². The van der Waals surface area contributed by atoms with E-state index in [2.05, 4.69) is 18.0 Å². The molecular weight excluding hydrogens is 412 g/mol. The highest BCUT2D eigenvalue weighted by atomic mass is 35.5. The average Bonchev–Trinajstić information content (AvgIpc) is 3.53. The lowest BCUT2D eigenvalue weighted by molar-refractivity contribution is 0.173. The second-order valence-corrected chi connectivity index (χ2v) is 8.92. The Bertz CT molecular complexity index is 923. The van der Waals surface area contributed by atoms with Crippen LogP contribution in [0.3, 0.4) is 0 Å². The summed E-state index contributed by atoms with van der Waals surface area (Å²) in [5.74, 6) is 2.79. The van der Waals surface area contributed by atoms with Crippen molar-refractivity contribution >= 4 is 11.6 Å². The molecule has 1 atom stereocenters. The maximum Gasteiger partial charge on any atom is 0.231 e. The molecule has 0 radical (unpaired) electrons. The van der Waals surface area contributed by atoms with Crippen molar-refractivity contribution in [1.82, 2.24) is 4.90 Å². The molecule has 0 N–H and O–H groups in total. The Kier molecular flexibility index (Phi) is 6.89. The van der Waals surface area contributed by atoms with Gasteiger partial charge in [-0.15, -0.1) is 0 Å². The molecular formula is C25H29ClN2O3. The van der Waals surface area contributed by atoms with Gasteiger partial charge in [0.2, 0.25) is 6.79 Å². The Hall–Kier alpha value is -2.42. The molecule has 0 bridgehead atoms. The van der Waals surface area contributed by atoms with Gasteiger partial charge in [-0.1, -0.05) is 23.7 Å². The quantitative estimate of drug-likeness (QED) is 0.436. The van der Waals surface area contributed by atoms with Crippen molar-refractivity contribution in [2.45, 2.75) is 37.5 Å². The second kappa shape index (κ2) is 9.80. The molecule has 4 rings (SSSR count). The first kappa shape index (κ1) is 21.8. The van der Waals surface area contributed by atoms with Gasteiger partial charge in [0.05, 0.1) is 18.1 Å². The zero-order valence-electron chi connectivity index (χ0n) is 18.0. The molecule has 164 valence electrons. The Balaban J connectivity index is 1.20. The molecule has 1 aliphatic heterocycles. The number of benzene rings is 2. The number of nitrogens with zero attached hydrogens (tertiary/aromatic N) is 2. The largest absolute Gasteiger partial charge is 0.493 e. The first-order valence-corrected chi connectivity index (χ1v) is 11.4. The smallest absolute Gasteiger partial charge is 0.231 e. The van der Waals surface area contributed by atoms with E-state index in [0.29, 0.717) is 17.5 Å². The van der Waals surface area contributed by atoms with Crippen LogP contribution in [0.15, 0.2) is 42.5 Å². The van der Waals surface area contributed by atoms with E-state index in [1.165, 1.54) is 0 Å². The van der Waals surface area contributed by atoms with Crippen molar-refractivity contribution < 1.29 is 14.2 Å². The van der Waals surface area contributed by atoms with Gasteiger partial charge in [-0.25, -0.2) is 0 Å². The summed E-state index contributed by atoms with van der Waals surface area (Å²) in [7, 11) is 2.13. The summed E-state index contributed by atoms with van der Waals surface area (Å²) in [6.07, 6.45) is 5.10. The van der Waals surface area contributed by atoms with Crippen LogP contribution >= 0.6 is 11.6 Å². The van der Waals surface area contributed by atoms with Gasteiger partial charge in [0.1, 0.15) is 5.75 Å². The molecule has 1 heterocycles. The number of ether oxygens (including phenoxy) is 3. The van der Waals surface area contributed by atoms with Crippen molar-refractivity contribution in [2.75, 3.05) is 33.5 Å². The molecule has 5 nitrogen and oxygen atoms in total. The lowest BCUT2D eigenvalue weighted by atomic mass is 9.74. The predicted molar refractivity (Wildman–Crippen MR) is 121 cm³/mol. The number of hydrogen-bond acceptors (Lipinski definition) is 5. The molecule has 1 fully saturated rings. The zero-order chi connectivity index (χ0) is 21.7. The fraction of sp³-hybridized carbons (Fsp3) is 0.480. The molecule has 0 amide bonds. The van der Waals surface area contributed by atoms with E-state index in [-0.39, 0.29) is 12.2 Å². The number of halogens is 1. The number of nitriles is 1. The molecule has 0 saturated heterocycles. The van der Waals surface area contributed by atoms with E-state index in [1.54, 1.807) is 0 Å². The van der Waals surface area contributed by atoms with Gasteiger partial charge >= 0.3 is 0 Å².